The average molecular weight is 223 g/mol. The Morgan fingerprint density at radius 3 is 2.62 bits per heavy atom. The van der Waals surface area contributed by atoms with E-state index in [0.29, 0.717) is 18.7 Å². The van der Waals surface area contributed by atoms with Crippen LogP contribution in [0.15, 0.2) is 18.2 Å². The number of nitrogens with two attached hydrogens (primary N) is 1. The Labute approximate surface area is 95.0 Å². The van der Waals surface area contributed by atoms with Crippen LogP contribution in [-0.2, 0) is 4.79 Å². The summed E-state index contributed by atoms with van der Waals surface area (Å²) in [6.07, 6.45) is -0.561. The predicted molar refractivity (Wildman–Crippen MR) is 61.6 cm³/mol. The second-order valence-electron chi connectivity index (χ2n) is 3.77. The molecule has 0 aliphatic rings. The lowest BCUT2D eigenvalue weighted by Crippen LogP contribution is -2.29. The Kier molecular flexibility index (Phi) is 4.31. The van der Waals surface area contributed by atoms with Crippen molar-refractivity contribution < 1.29 is 14.6 Å². The highest BCUT2D eigenvalue weighted by molar-refractivity contribution is 5.72. The Hall–Kier alpha value is -1.55. The van der Waals surface area contributed by atoms with Crippen LogP contribution in [0.25, 0.3) is 0 Å². The first-order valence-corrected chi connectivity index (χ1v) is 5.21. The Balaban J connectivity index is 2.77. The molecule has 0 bridgehead atoms. The number of ether oxygens (including phenoxy) is 1. The summed E-state index contributed by atoms with van der Waals surface area (Å²) in [6.45, 7) is 4.25. The van der Waals surface area contributed by atoms with E-state index in [1.807, 2.05) is 26.0 Å². The van der Waals surface area contributed by atoms with Crippen LogP contribution in [0, 0.1) is 13.8 Å². The molecular formula is C12H17NO3. The SMILES string of the molecule is Cc1ccc(OC(CCN)C(=O)O)cc1C. The highest BCUT2D eigenvalue weighted by Crippen LogP contribution is 2.18. The van der Waals surface area contributed by atoms with E-state index in [9.17, 15) is 4.79 Å². The summed E-state index contributed by atoms with van der Waals surface area (Å²) >= 11 is 0. The van der Waals surface area contributed by atoms with Gasteiger partial charge in [-0.15, -0.1) is 0 Å². The molecule has 0 amide bonds. The molecule has 0 aliphatic carbocycles. The minimum atomic E-state index is -0.983. The fourth-order valence-electron chi connectivity index (χ4n) is 1.34. The van der Waals surface area contributed by atoms with Gasteiger partial charge in [-0.3, -0.25) is 0 Å². The number of rotatable bonds is 5. The molecule has 88 valence electrons. The van der Waals surface area contributed by atoms with Crippen molar-refractivity contribution in [3.63, 3.8) is 0 Å². The molecule has 0 saturated carbocycles. The van der Waals surface area contributed by atoms with E-state index in [1.165, 1.54) is 0 Å². The summed E-state index contributed by atoms with van der Waals surface area (Å²) in [6, 6.07) is 5.52. The summed E-state index contributed by atoms with van der Waals surface area (Å²) in [5.74, 6) is -0.410. The fourth-order valence-corrected chi connectivity index (χ4v) is 1.34. The van der Waals surface area contributed by atoms with E-state index in [2.05, 4.69) is 0 Å². The van der Waals surface area contributed by atoms with Gasteiger partial charge in [0.05, 0.1) is 0 Å². The first kappa shape index (κ1) is 12.5. The first-order valence-electron chi connectivity index (χ1n) is 5.21. The van der Waals surface area contributed by atoms with E-state index in [1.54, 1.807) is 6.07 Å². The maximum Gasteiger partial charge on any atom is 0.344 e. The van der Waals surface area contributed by atoms with Crippen LogP contribution in [0.2, 0.25) is 0 Å². The zero-order valence-corrected chi connectivity index (χ0v) is 9.56. The third-order valence-corrected chi connectivity index (χ3v) is 2.46. The number of benzene rings is 1. The van der Waals surface area contributed by atoms with Crippen molar-refractivity contribution in [1.82, 2.24) is 0 Å². The van der Waals surface area contributed by atoms with E-state index in [0.717, 1.165) is 11.1 Å². The third-order valence-electron chi connectivity index (χ3n) is 2.46. The quantitative estimate of drug-likeness (QED) is 0.793. The zero-order chi connectivity index (χ0) is 12.1. The standard InChI is InChI=1S/C12H17NO3/c1-8-3-4-10(7-9(8)2)16-11(5-6-13)12(14)15/h3-4,7,11H,5-6,13H2,1-2H3,(H,14,15). The highest BCUT2D eigenvalue weighted by Gasteiger charge is 2.18. The molecule has 0 radical (unpaired) electrons. The van der Waals surface area contributed by atoms with E-state index in [-0.39, 0.29) is 0 Å². The second kappa shape index (κ2) is 5.51. The molecule has 16 heavy (non-hydrogen) atoms. The molecule has 0 aromatic heterocycles. The van der Waals surface area contributed by atoms with Crippen LogP contribution in [-0.4, -0.2) is 23.7 Å². The molecule has 1 aromatic rings. The minimum Gasteiger partial charge on any atom is -0.479 e. The lowest BCUT2D eigenvalue weighted by Gasteiger charge is -2.15. The average Bonchev–Trinajstić information content (AvgIpc) is 2.22. The molecule has 1 unspecified atom stereocenters. The number of hydrogen-bond donors (Lipinski definition) is 2. The maximum atomic E-state index is 10.9. The molecule has 1 atom stereocenters. The van der Waals surface area contributed by atoms with Crippen LogP contribution in [0.5, 0.6) is 5.75 Å². The number of carbonyl (C=O) groups is 1. The van der Waals surface area contributed by atoms with Gasteiger partial charge in [-0.05, 0) is 43.7 Å². The highest BCUT2D eigenvalue weighted by atomic mass is 16.5. The second-order valence-corrected chi connectivity index (χ2v) is 3.77. The number of aryl methyl sites for hydroxylation is 2. The Morgan fingerprint density at radius 1 is 1.44 bits per heavy atom. The fraction of sp³-hybridized carbons (Fsp3) is 0.417. The van der Waals surface area contributed by atoms with Crippen LogP contribution in [0.4, 0.5) is 0 Å². The molecular weight excluding hydrogens is 206 g/mol. The van der Waals surface area contributed by atoms with Gasteiger partial charge in [0.15, 0.2) is 6.10 Å². The number of carboxylic acids is 1. The Morgan fingerprint density at radius 2 is 2.12 bits per heavy atom. The minimum absolute atomic E-state index is 0.293. The number of hydrogen-bond acceptors (Lipinski definition) is 3. The van der Waals surface area contributed by atoms with Crippen molar-refractivity contribution in [3.05, 3.63) is 29.3 Å². The topological polar surface area (TPSA) is 72.5 Å². The number of aliphatic carboxylic acids is 1. The zero-order valence-electron chi connectivity index (χ0n) is 9.56. The van der Waals surface area contributed by atoms with Gasteiger partial charge in [-0.2, -0.15) is 0 Å². The summed E-state index contributed by atoms with van der Waals surface area (Å²) in [5.41, 5.74) is 7.56. The molecule has 0 saturated heterocycles. The van der Waals surface area contributed by atoms with Gasteiger partial charge < -0.3 is 15.6 Å². The van der Waals surface area contributed by atoms with Gasteiger partial charge in [0, 0.05) is 6.42 Å². The Bertz CT molecular complexity index is 377. The van der Waals surface area contributed by atoms with Crippen LogP contribution in [0.1, 0.15) is 17.5 Å². The van der Waals surface area contributed by atoms with E-state index < -0.39 is 12.1 Å². The van der Waals surface area contributed by atoms with Gasteiger partial charge in [-0.25, -0.2) is 4.79 Å². The van der Waals surface area contributed by atoms with Crippen molar-refractivity contribution in [1.29, 1.82) is 0 Å². The largest absolute Gasteiger partial charge is 0.479 e. The van der Waals surface area contributed by atoms with E-state index >= 15 is 0 Å². The van der Waals surface area contributed by atoms with Gasteiger partial charge >= 0.3 is 5.97 Å². The smallest absolute Gasteiger partial charge is 0.344 e. The van der Waals surface area contributed by atoms with E-state index in [4.69, 9.17) is 15.6 Å². The van der Waals surface area contributed by atoms with Crippen molar-refractivity contribution in [3.8, 4) is 5.75 Å². The molecule has 1 rings (SSSR count). The summed E-state index contributed by atoms with van der Waals surface area (Å²) in [4.78, 5) is 10.9. The molecule has 4 nitrogen and oxygen atoms in total. The van der Waals surface area contributed by atoms with Crippen LogP contribution < -0.4 is 10.5 Å². The molecule has 3 N–H and O–H groups in total. The predicted octanol–water partition coefficient (Wildman–Crippen LogP) is 1.48. The molecule has 1 aromatic carbocycles. The molecule has 0 heterocycles. The molecule has 4 heteroatoms. The summed E-state index contributed by atoms with van der Waals surface area (Å²) in [7, 11) is 0. The van der Waals surface area contributed by atoms with Crippen molar-refractivity contribution in [2.24, 2.45) is 5.73 Å². The number of carboxylic acid groups (broad SMARTS) is 1. The van der Waals surface area contributed by atoms with Crippen molar-refractivity contribution in [2.45, 2.75) is 26.4 Å². The molecule has 0 spiro atoms. The summed E-state index contributed by atoms with van der Waals surface area (Å²) in [5, 5.41) is 8.91. The molecule has 0 aliphatic heterocycles. The van der Waals surface area contributed by atoms with Crippen molar-refractivity contribution >= 4 is 5.97 Å². The molecule has 0 fully saturated rings. The van der Waals surface area contributed by atoms with Gasteiger partial charge in [-0.1, -0.05) is 6.07 Å². The van der Waals surface area contributed by atoms with Gasteiger partial charge in [0.1, 0.15) is 5.75 Å². The third kappa shape index (κ3) is 3.24. The normalized spacial score (nSPS) is 12.2. The summed E-state index contributed by atoms with van der Waals surface area (Å²) < 4.78 is 5.37. The first-order chi connectivity index (χ1) is 7.54. The maximum absolute atomic E-state index is 10.9. The lowest BCUT2D eigenvalue weighted by atomic mass is 10.1. The van der Waals surface area contributed by atoms with Crippen LogP contribution >= 0.6 is 0 Å². The van der Waals surface area contributed by atoms with Crippen molar-refractivity contribution in [2.75, 3.05) is 6.54 Å². The van der Waals surface area contributed by atoms with Crippen LogP contribution in [0.3, 0.4) is 0 Å². The lowest BCUT2D eigenvalue weighted by molar-refractivity contribution is -0.145. The van der Waals surface area contributed by atoms with Gasteiger partial charge in [0.2, 0.25) is 0 Å². The monoisotopic (exact) mass is 223 g/mol. The van der Waals surface area contributed by atoms with Gasteiger partial charge in [0.25, 0.3) is 0 Å².